The van der Waals surface area contributed by atoms with Gasteiger partial charge in [0.15, 0.2) is 16.1 Å². The van der Waals surface area contributed by atoms with E-state index in [2.05, 4.69) is 36.4 Å². The third-order valence-electron chi connectivity index (χ3n) is 4.29. The smallest absolute Gasteiger partial charge is 0.236 e. The first kappa shape index (κ1) is 20.8. The Bertz CT molecular complexity index is 1140. The molecule has 6 nitrogen and oxygen atoms in total. The van der Waals surface area contributed by atoms with Crippen molar-refractivity contribution in [2.24, 2.45) is 0 Å². The molecule has 0 unspecified atom stereocenters. The number of aromatic nitrogens is 4. The van der Waals surface area contributed by atoms with Gasteiger partial charge in [0.25, 0.3) is 0 Å². The van der Waals surface area contributed by atoms with E-state index in [-0.39, 0.29) is 11.7 Å². The monoisotopic (exact) mass is 499 g/mol. The maximum atomic E-state index is 12.4. The molecule has 4 rings (SSSR count). The summed E-state index contributed by atoms with van der Waals surface area (Å²) >= 11 is 6.21. The molecule has 0 saturated heterocycles. The van der Waals surface area contributed by atoms with E-state index in [4.69, 9.17) is 0 Å². The number of amides is 1. The van der Waals surface area contributed by atoms with Crippen LogP contribution < -0.4 is 5.32 Å². The van der Waals surface area contributed by atoms with Crippen LogP contribution in [0.4, 0.5) is 5.13 Å². The first-order chi connectivity index (χ1) is 14.6. The fraction of sp³-hybridized carbons (Fsp3) is 0.143. The summed E-state index contributed by atoms with van der Waals surface area (Å²) in [6, 6.07) is 17.8. The van der Waals surface area contributed by atoms with E-state index < -0.39 is 0 Å². The number of carbonyl (C=O) groups is 1. The van der Waals surface area contributed by atoms with Crippen molar-refractivity contribution in [3.8, 4) is 22.6 Å². The van der Waals surface area contributed by atoms with E-state index in [1.165, 1.54) is 23.1 Å². The molecule has 0 bridgehead atoms. The second kappa shape index (κ2) is 9.55. The van der Waals surface area contributed by atoms with Crippen LogP contribution in [0.15, 0.2) is 69.6 Å². The summed E-state index contributed by atoms with van der Waals surface area (Å²) in [6.07, 6.45) is 0. The van der Waals surface area contributed by atoms with Crippen LogP contribution in [0.3, 0.4) is 0 Å². The molecule has 0 spiro atoms. The lowest BCUT2D eigenvalue weighted by Crippen LogP contribution is -2.14. The molecule has 4 aromatic rings. The second-order valence-electron chi connectivity index (χ2n) is 6.30. The van der Waals surface area contributed by atoms with Gasteiger partial charge >= 0.3 is 0 Å². The minimum atomic E-state index is -0.122. The molecular weight excluding hydrogens is 482 g/mol. The molecule has 0 saturated carbocycles. The topological polar surface area (TPSA) is 72.7 Å². The first-order valence-corrected chi connectivity index (χ1v) is 11.9. The van der Waals surface area contributed by atoms with Crippen molar-refractivity contribution in [3.63, 3.8) is 0 Å². The van der Waals surface area contributed by atoms with Gasteiger partial charge in [0.1, 0.15) is 0 Å². The number of anilines is 1. The van der Waals surface area contributed by atoms with Crippen LogP contribution in [0.1, 0.15) is 6.92 Å². The molecule has 0 aliphatic rings. The highest BCUT2D eigenvalue weighted by atomic mass is 79.9. The number of hydrogen-bond donors (Lipinski definition) is 1. The number of hydrogen-bond acceptors (Lipinski definition) is 6. The van der Waals surface area contributed by atoms with Gasteiger partial charge in [-0.05, 0) is 19.1 Å². The zero-order chi connectivity index (χ0) is 20.9. The van der Waals surface area contributed by atoms with Crippen molar-refractivity contribution in [1.82, 2.24) is 19.7 Å². The highest BCUT2D eigenvalue weighted by Gasteiger charge is 2.15. The Morgan fingerprint density at radius 1 is 1.10 bits per heavy atom. The fourth-order valence-corrected chi connectivity index (χ4v) is 4.65. The third kappa shape index (κ3) is 4.80. The summed E-state index contributed by atoms with van der Waals surface area (Å²) in [5.41, 5.74) is 2.86. The maximum absolute atomic E-state index is 12.4. The first-order valence-electron chi connectivity index (χ1n) is 9.26. The predicted molar refractivity (Wildman–Crippen MR) is 126 cm³/mol. The van der Waals surface area contributed by atoms with Crippen LogP contribution in [-0.4, -0.2) is 31.4 Å². The van der Waals surface area contributed by atoms with Crippen molar-refractivity contribution in [3.05, 3.63) is 64.5 Å². The van der Waals surface area contributed by atoms with Crippen LogP contribution >= 0.6 is 39.0 Å². The summed E-state index contributed by atoms with van der Waals surface area (Å²) in [7, 11) is 0. The van der Waals surface area contributed by atoms with Crippen molar-refractivity contribution in [1.29, 1.82) is 0 Å². The molecule has 0 radical (unpaired) electrons. The van der Waals surface area contributed by atoms with Gasteiger partial charge in [-0.3, -0.25) is 4.79 Å². The number of rotatable bonds is 7. The second-order valence-corrected chi connectivity index (χ2v) is 9.01. The molecule has 0 aliphatic heterocycles. The molecule has 1 amide bonds. The lowest BCUT2D eigenvalue weighted by Gasteiger charge is -2.07. The van der Waals surface area contributed by atoms with Crippen LogP contribution in [0.25, 0.3) is 22.6 Å². The molecule has 30 heavy (non-hydrogen) atoms. The zero-order valence-corrected chi connectivity index (χ0v) is 19.3. The number of nitrogens with zero attached hydrogens (tertiary/aromatic N) is 4. The predicted octanol–water partition coefficient (Wildman–Crippen LogP) is 5.58. The van der Waals surface area contributed by atoms with Crippen LogP contribution in [0, 0.1) is 0 Å². The van der Waals surface area contributed by atoms with E-state index in [1.807, 2.05) is 71.5 Å². The number of benzene rings is 2. The molecule has 9 heteroatoms. The standard InChI is InChI=1S/C21H18BrN5OS2/c1-2-27-19(15-6-4-3-5-7-15)25-26-21(27)30-13-18(28)24-20-23-17(12-29-20)14-8-10-16(22)11-9-14/h3-12H,2,13H2,1H3,(H,23,24,28). The zero-order valence-electron chi connectivity index (χ0n) is 16.1. The van der Waals surface area contributed by atoms with Gasteiger partial charge in [-0.25, -0.2) is 4.98 Å². The summed E-state index contributed by atoms with van der Waals surface area (Å²) in [5, 5.41) is 14.7. The molecule has 0 atom stereocenters. The Hall–Kier alpha value is -2.49. The van der Waals surface area contributed by atoms with Gasteiger partial charge in [-0.2, -0.15) is 0 Å². The lowest BCUT2D eigenvalue weighted by molar-refractivity contribution is -0.113. The van der Waals surface area contributed by atoms with Crippen molar-refractivity contribution < 1.29 is 4.79 Å². The Kier molecular flexibility index (Phi) is 6.61. The minimum absolute atomic E-state index is 0.122. The van der Waals surface area contributed by atoms with E-state index in [0.717, 1.165) is 38.8 Å². The molecule has 152 valence electrons. The minimum Gasteiger partial charge on any atom is -0.302 e. The molecule has 2 heterocycles. The molecule has 2 aromatic heterocycles. The molecule has 0 fully saturated rings. The Morgan fingerprint density at radius 3 is 2.60 bits per heavy atom. The molecular formula is C21H18BrN5OS2. The van der Waals surface area contributed by atoms with E-state index >= 15 is 0 Å². The summed E-state index contributed by atoms with van der Waals surface area (Å²) in [6.45, 7) is 2.77. The van der Waals surface area contributed by atoms with Crippen molar-refractivity contribution >= 4 is 50.1 Å². The number of halogens is 1. The average Bonchev–Trinajstić information content (AvgIpc) is 3.40. The number of thiazole rings is 1. The van der Waals surface area contributed by atoms with E-state index in [0.29, 0.717) is 5.13 Å². The van der Waals surface area contributed by atoms with Gasteiger partial charge in [-0.1, -0.05) is 70.2 Å². The largest absolute Gasteiger partial charge is 0.302 e. The van der Waals surface area contributed by atoms with Crippen LogP contribution in [-0.2, 0) is 11.3 Å². The van der Waals surface area contributed by atoms with Crippen molar-refractivity contribution in [2.45, 2.75) is 18.6 Å². The maximum Gasteiger partial charge on any atom is 0.236 e. The molecule has 1 N–H and O–H groups in total. The lowest BCUT2D eigenvalue weighted by atomic mass is 10.2. The Labute approximate surface area is 190 Å². The van der Waals surface area contributed by atoms with E-state index in [9.17, 15) is 4.79 Å². The normalized spacial score (nSPS) is 10.9. The molecule has 0 aliphatic carbocycles. The quantitative estimate of drug-likeness (QED) is 0.336. The highest BCUT2D eigenvalue weighted by molar-refractivity contribution is 9.10. The third-order valence-corrected chi connectivity index (χ3v) is 6.54. The van der Waals surface area contributed by atoms with Gasteiger partial charge in [0.2, 0.25) is 5.91 Å². The van der Waals surface area contributed by atoms with Gasteiger partial charge in [-0.15, -0.1) is 21.5 Å². The van der Waals surface area contributed by atoms with Gasteiger partial charge in [0, 0.05) is 27.5 Å². The molecule has 2 aromatic carbocycles. The number of thioether (sulfide) groups is 1. The Balaban J connectivity index is 1.39. The van der Waals surface area contributed by atoms with Crippen molar-refractivity contribution in [2.75, 3.05) is 11.1 Å². The fourth-order valence-electron chi connectivity index (χ4n) is 2.85. The number of nitrogens with one attached hydrogen (secondary N) is 1. The highest BCUT2D eigenvalue weighted by Crippen LogP contribution is 2.27. The van der Waals surface area contributed by atoms with Gasteiger partial charge < -0.3 is 9.88 Å². The van der Waals surface area contributed by atoms with Gasteiger partial charge in [0.05, 0.1) is 11.4 Å². The summed E-state index contributed by atoms with van der Waals surface area (Å²) in [5.74, 6) is 0.920. The van der Waals surface area contributed by atoms with Crippen LogP contribution in [0.5, 0.6) is 0 Å². The van der Waals surface area contributed by atoms with Crippen LogP contribution in [0.2, 0.25) is 0 Å². The summed E-state index contributed by atoms with van der Waals surface area (Å²) < 4.78 is 3.03. The average molecular weight is 500 g/mol. The number of carbonyl (C=O) groups excluding carboxylic acids is 1. The SMILES string of the molecule is CCn1c(SCC(=O)Nc2nc(-c3ccc(Br)cc3)cs2)nnc1-c1ccccc1. The summed E-state index contributed by atoms with van der Waals surface area (Å²) in [4.78, 5) is 16.9. The Morgan fingerprint density at radius 2 is 1.87 bits per heavy atom. The van der Waals surface area contributed by atoms with E-state index in [1.54, 1.807) is 0 Å².